The molecular formula is C25H41N5O5. The molecule has 4 N–H and O–H groups in total. The van der Waals surface area contributed by atoms with Crippen LogP contribution < -0.4 is 20.7 Å². The molecule has 0 spiro atoms. The van der Waals surface area contributed by atoms with Crippen molar-refractivity contribution in [2.45, 2.75) is 72.2 Å². The van der Waals surface area contributed by atoms with Gasteiger partial charge in [-0.05, 0) is 52.8 Å². The fourth-order valence-electron chi connectivity index (χ4n) is 3.86. The fraction of sp³-hybridized carbons (Fsp3) is 0.640. The Hall–Kier alpha value is -3.01. The number of nitrogens with one attached hydrogen (secondary N) is 3. The minimum Gasteiger partial charge on any atom is -0.488 e. The molecule has 0 aliphatic carbocycles. The number of fused-ring (bicyclic) bond motifs is 1. The number of amides is 5. The minimum absolute atomic E-state index is 0.00175. The molecular weight excluding hydrogens is 450 g/mol. The second-order valence-corrected chi connectivity index (χ2v) is 9.95. The molecule has 0 aromatic heterocycles. The maximum Gasteiger partial charge on any atom is 0.319 e. The van der Waals surface area contributed by atoms with Gasteiger partial charge in [-0.3, -0.25) is 4.79 Å². The Morgan fingerprint density at radius 3 is 2.43 bits per heavy atom. The highest BCUT2D eigenvalue weighted by atomic mass is 16.5. The van der Waals surface area contributed by atoms with Crippen LogP contribution in [0.15, 0.2) is 18.2 Å². The molecule has 0 unspecified atom stereocenters. The lowest BCUT2D eigenvalue weighted by molar-refractivity contribution is -0.134. The first-order valence-corrected chi connectivity index (χ1v) is 12.2. The van der Waals surface area contributed by atoms with E-state index < -0.39 is 6.10 Å². The Bertz CT molecular complexity index is 891. The van der Waals surface area contributed by atoms with Gasteiger partial charge in [-0.15, -0.1) is 0 Å². The molecule has 10 nitrogen and oxygen atoms in total. The number of aliphatic hydroxyl groups is 1. The number of urea groups is 2. The standard InChI is InChI=1S/C25H41N5O5/c1-15(2)26-24(33)28-20-8-9-21-19(10-20)11-23(32)30(18(6)14-31)12-17(5)22(35-21)13-29(7)25(34)27-16(3)4/h8-10,15-18,22,31H,11-14H2,1-7H3,(H,27,34)(H2,26,28,33)/t17-,18+,22-/m0/s1. The van der Waals surface area contributed by atoms with E-state index in [9.17, 15) is 19.5 Å². The van der Waals surface area contributed by atoms with Crippen molar-refractivity contribution in [3.05, 3.63) is 23.8 Å². The number of benzene rings is 1. The molecule has 2 rings (SSSR count). The predicted molar refractivity (Wildman–Crippen MR) is 136 cm³/mol. The number of rotatable bonds is 7. The van der Waals surface area contributed by atoms with E-state index in [0.29, 0.717) is 30.1 Å². The Balaban J connectivity index is 2.38. The number of carbonyl (C=O) groups is 3. The van der Waals surface area contributed by atoms with E-state index in [0.717, 1.165) is 0 Å². The molecule has 0 bridgehead atoms. The van der Waals surface area contributed by atoms with Gasteiger partial charge in [0.1, 0.15) is 11.9 Å². The van der Waals surface area contributed by atoms with Crippen molar-refractivity contribution in [1.82, 2.24) is 20.4 Å². The molecule has 0 radical (unpaired) electrons. The highest BCUT2D eigenvalue weighted by molar-refractivity contribution is 5.90. The first kappa shape index (κ1) is 28.2. The van der Waals surface area contributed by atoms with Crippen LogP contribution in [0.3, 0.4) is 0 Å². The number of likely N-dealkylation sites (N-methyl/N-ethyl adjacent to an activating group) is 1. The monoisotopic (exact) mass is 491 g/mol. The number of aliphatic hydroxyl groups excluding tert-OH is 1. The normalized spacial score (nSPS) is 19.1. The van der Waals surface area contributed by atoms with Gasteiger partial charge in [0.2, 0.25) is 5.91 Å². The molecule has 35 heavy (non-hydrogen) atoms. The number of nitrogens with zero attached hydrogens (tertiary/aromatic N) is 2. The van der Waals surface area contributed by atoms with Crippen molar-refractivity contribution in [1.29, 1.82) is 0 Å². The molecule has 1 aromatic rings. The lowest BCUT2D eigenvalue weighted by atomic mass is 10.0. The number of ether oxygens (including phenoxy) is 1. The lowest BCUT2D eigenvalue weighted by Crippen LogP contribution is -2.49. The molecule has 1 aliphatic rings. The summed E-state index contributed by atoms with van der Waals surface area (Å²) in [6.45, 7) is 11.8. The van der Waals surface area contributed by atoms with Gasteiger partial charge in [-0.25, -0.2) is 9.59 Å². The number of anilines is 1. The summed E-state index contributed by atoms with van der Waals surface area (Å²) in [4.78, 5) is 41.2. The molecule has 0 saturated heterocycles. The van der Waals surface area contributed by atoms with Crippen LogP contribution in [0.4, 0.5) is 15.3 Å². The SMILES string of the molecule is CC(C)NC(=O)Nc1ccc2c(c1)CC(=O)N([C@H](C)CO)C[C@H](C)[C@H](CN(C)C(=O)NC(C)C)O2. The van der Waals surface area contributed by atoms with Crippen LogP contribution in [0.25, 0.3) is 0 Å². The maximum atomic E-state index is 13.3. The molecule has 1 aliphatic heterocycles. The number of hydrogen-bond acceptors (Lipinski definition) is 5. The molecule has 10 heteroatoms. The zero-order chi connectivity index (χ0) is 26.3. The van der Waals surface area contributed by atoms with E-state index >= 15 is 0 Å². The van der Waals surface area contributed by atoms with Crippen LogP contribution in [0, 0.1) is 5.92 Å². The van der Waals surface area contributed by atoms with Crippen LogP contribution in [0.2, 0.25) is 0 Å². The van der Waals surface area contributed by atoms with Crippen LogP contribution in [0.5, 0.6) is 5.75 Å². The lowest BCUT2D eigenvalue weighted by Gasteiger charge is -2.34. The highest BCUT2D eigenvalue weighted by Gasteiger charge is 2.32. The van der Waals surface area contributed by atoms with Gasteiger partial charge >= 0.3 is 12.1 Å². The summed E-state index contributed by atoms with van der Waals surface area (Å²) in [5.74, 6) is 0.266. The van der Waals surface area contributed by atoms with E-state index in [1.54, 1.807) is 42.0 Å². The third-order valence-electron chi connectivity index (χ3n) is 5.81. The van der Waals surface area contributed by atoms with Gasteiger partial charge in [-0.2, -0.15) is 0 Å². The maximum absolute atomic E-state index is 13.3. The zero-order valence-electron chi connectivity index (χ0n) is 21.9. The third-order valence-corrected chi connectivity index (χ3v) is 5.81. The smallest absolute Gasteiger partial charge is 0.319 e. The molecule has 1 aromatic carbocycles. The van der Waals surface area contributed by atoms with Gasteiger partial charge in [0.15, 0.2) is 0 Å². The van der Waals surface area contributed by atoms with Crippen molar-refractivity contribution in [2.24, 2.45) is 5.92 Å². The van der Waals surface area contributed by atoms with E-state index in [2.05, 4.69) is 16.0 Å². The Morgan fingerprint density at radius 2 is 1.83 bits per heavy atom. The van der Waals surface area contributed by atoms with Gasteiger partial charge in [-0.1, -0.05) is 6.92 Å². The Labute approximate surface area is 208 Å². The van der Waals surface area contributed by atoms with Gasteiger partial charge < -0.3 is 35.6 Å². The average molecular weight is 492 g/mol. The number of carbonyl (C=O) groups excluding carboxylic acids is 3. The average Bonchev–Trinajstić information content (AvgIpc) is 2.80. The molecule has 5 amide bonds. The summed E-state index contributed by atoms with van der Waals surface area (Å²) in [7, 11) is 1.71. The third kappa shape index (κ3) is 8.31. The van der Waals surface area contributed by atoms with Crippen LogP contribution in [-0.2, 0) is 11.2 Å². The summed E-state index contributed by atoms with van der Waals surface area (Å²) >= 11 is 0. The van der Waals surface area contributed by atoms with E-state index in [1.165, 1.54) is 0 Å². The minimum atomic E-state index is -0.404. The molecule has 0 saturated carbocycles. The molecule has 3 atom stereocenters. The predicted octanol–water partition coefficient (Wildman–Crippen LogP) is 2.42. The van der Waals surface area contributed by atoms with Crippen LogP contribution in [-0.4, -0.2) is 83.8 Å². The van der Waals surface area contributed by atoms with E-state index in [4.69, 9.17) is 4.74 Å². The summed E-state index contributed by atoms with van der Waals surface area (Å²) in [5, 5.41) is 18.2. The summed E-state index contributed by atoms with van der Waals surface area (Å²) < 4.78 is 6.40. The summed E-state index contributed by atoms with van der Waals surface area (Å²) in [5.41, 5.74) is 1.17. The van der Waals surface area contributed by atoms with Crippen molar-refractivity contribution >= 4 is 23.7 Å². The van der Waals surface area contributed by atoms with Crippen molar-refractivity contribution in [3.63, 3.8) is 0 Å². The van der Waals surface area contributed by atoms with Crippen LogP contribution >= 0.6 is 0 Å². The van der Waals surface area contributed by atoms with Gasteiger partial charge in [0.05, 0.1) is 25.6 Å². The van der Waals surface area contributed by atoms with Gasteiger partial charge in [0, 0.05) is 42.8 Å². The molecule has 0 fully saturated rings. The highest BCUT2D eigenvalue weighted by Crippen LogP contribution is 2.29. The summed E-state index contributed by atoms with van der Waals surface area (Å²) in [6.07, 6.45) is -0.344. The molecule has 196 valence electrons. The number of hydrogen-bond donors (Lipinski definition) is 4. The zero-order valence-corrected chi connectivity index (χ0v) is 21.9. The van der Waals surface area contributed by atoms with Crippen molar-refractivity contribution in [2.75, 3.05) is 32.1 Å². The first-order chi connectivity index (χ1) is 16.4. The first-order valence-electron chi connectivity index (χ1n) is 12.2. The Kier molecular flexibility index (Phi) is 10.2. The Morgan fingerprint density at radius 1 is 1.17 bits per heavy atom. The largest absolute Gasteiger partial charge is 0.488 e. The quantitative estimate of drug-likeness (QED) is 0.466. The second kappa shape index (κ2) is 12.6. The van der Waals surface area contributed by atoms with E-state index in [-0.39, 0.29) is 55.0 Å². The van der Waals surface area contributed by atoms with Crippen molar-refractivity contribution in [3.8, 4) is 5.75 Å². The summed E-state index contributed by atoms with van der Waals surface area (Å²) in [6, 6.07) is 4.27. The van der Waals surface area contributed by atoms with Crippen LogP contribution in [0.1, 0.15) is 47.1 Å². The second-order valence-electron chi connectivity index (χ2n) is 9.95. The molecule has 1 heterocycles. The van der Waals surface area contributed by atoms with E-state index in [1.807, 2.05) is 34.6 Å². The van der Waals surface area contributed by atoms with Gasteiger partial charge in [0.25, 0.3) is 0 Å². The van der Waals surface area contributed by atoms with Crippen molar-refractivity contribution < 1.29 is 24.2 Å². The topological polar surface area (TPSA) is 123 Å². The fourth-order valence-corrected chi connectivity index (χ4v) is 3.86.